The van der Waals surface area contributed by atoms with Gasteiger partial charge >= 0.3 is 0 Å². The molecule has 0 N–H and O–H groups in total. The van der Waals surface area contributed by atoms with Gasteiger partial charge in [0.2, 0.25) is 0 Å². The van der Waals surface area contributed by atoms with E-state index in [1.807, 2.05) is 30.5 Å². The molecule has 0 aliphatic carbocycles. The Labute approximate surface area is 169 Å². The molecule has 0 saturated carbocycles. The number of nitrogens with zero attached hydrogens (tertiary/aromatic N) is 4. The Morgan fingerprint density at radius 2 is 1.86 bits per heavy atom. The van der Waals surface area contributed by atoms with Crippen LogP contribution in [-0.4, -0.2) is 40.2 Å². The van der Waals surface area contributed by atoms with Crippen molar-refractivity contribution in [3.8, 4) is 0 Å². The number of fused-ring (bicyclic) bond motifs is 2. The number of benzene rings is 1. The van der Waals surface area contributed by atoms with Crippen LogP contribution in [0.1, 0.15) is 29.9 Å². The Kier molecular flexibility index (Phi) is 4.37. The van der Waals surface area contributed by atoms with Gasteiger partial charge in [-0.3, -0.25) is 9.38 Å². The summed E-state index contributed by atoms with van der Waals surface area (Å²) in [6, 6.07) is 13.9. The fraction of sp³-hybridized carbons (Fsp3) is 0.273. The second kappa shape index (κ2) is 6.93. The van der Waals surface area contributed by atoms with E-state index in [1.165, 1.54) is 17.3 Å². The molecule has 1 aliphatic heterocycles. The molecule has 6 nitrogen and oxygen atoms in total. The van der Waals surface area contributed by atoms with Gasteiger partial charge in [-0.15, -0.1) is 0 Å². The van der Waals surface area contributed by atoms with Crippen LogP contribution in [-0.2, 0) is 10.0 Å². The maximum Gasteiger partial charge on any atom is 0.260 e. The fourth-order valence-electron chi connectivity index (χ4n) is 4.32. The van der Waals surface area contributed by atoms with Gasteiger partial charge < -0.3 is 0 Å². The molecule has 0 atom stereocenters. The van der Waals surface area contributed by atoms with Crippen molar-refractivity contribution in [3.63, 3.8) is 0 Å². The summed E-state index contributed by atoms with van der Waals surface area (Å²) in [5, 5.41) is 1.37. The Morgan fingerprint density at radius 3 is 2.69 bits per heavy atom. The molecule has 29 heavy (non-hydrogen) atoms. The van der Waals surface area contributed by atoms with Crippen LogP contribution in [0.5, 0.6) is 0 Å². The van der Waals surface area contributed by atoms with Crippen LogP contribution in [0.2, 0.25) is 0 Å². The number of aromatic nitrogens is 3. The highest BCUT2D eigenvalue weighted by atomic mass is 32.2. The minimum absolute atomic E-state index is 0.236. The number of hydrogen-bond donors (Lipinski definition) is 0. The van der Waals surface area contributed by atoms with Crippen LogP contribution in [0.25, 0.3) is 16.6 Å². The molecule has 148 valence electrons. The molecular weight excluding hydrogens is 384 g/mol. The third-order valence-corrected chi connectivity index (χ3v) is 7.75. The van der Waals surface area contributed by atoms with Crippen LogP contribution >= 0.6 is 0 Å². The number of sulfonamides is 1. The lowest BCUT2D eigenvalue weighted by molar-refractivity contribution is 0.318. The van der Waals surface area contributed by atoms with E-state index >= 15 is 0 Å². The molecule has 4 heterocycles. The lowest BCUT2D eigenvalue weighted by Gasteiger charge is -2.32. The first-order valence-corrected chi connectivity index (χ1v) is 11.3. The van der Waals surface area contributed by atoms with Crippen molar-refractivity contribution in [2.45, 2.75) is 30.7 Å². The minimum Gasteiger partial charge on any atom is -0.289 e. The number of pyridine rings is 2. The normalized spacial score (nSPS) is 16.6. The van der Waals surface area contributed by atoms with Crippen molar-refractivity contribution in [1.82, 2.24) is 18.7 Å². The predicted molar refractivity (Wildman–Crippen MR) is 112 cm³/mol. The highest BCUT2D eigenvalue weighted by molar-refractivity contribution is 7.89. The van der Waals surface area contributed by atoms with E-state index in [0.717, 1.165) is 23.7 Å². The summed E-state index contributed by atoms with van der Waals surface area (Å²) < 4.78 is 29.6. The largest absolute Gasteiger partial charge is 0.289 e. The van der Waals surface area contributed by atoms with E-state index in [-0.39, 0.29) is 5.03 Å². The van der Waals surface area contributed by atoms with Crippen molar-refractivity contribution >= 4 is 26.6 Å². The van der Waals surface area contributed by atoms with E-state index in [9.17, 15) is 8.42 Å². The molecule has 0 bridgehead atoms. The maximum absolute atomic E-state index is 13.2. The lowest BCUT2D eigenvalue weighted by Crippen LogP contribution is -2.38. The SMILES string of the molecule is Cc1cc2ncccc2cc1C1CCN(S(=O)(=O)c2cnc3ccccn23)CC1. The predicted octanol–water partition coefficient (Wildman–Crippen LogP) is 3.76. The van der Waals surface area contributed by atoms with Gasteiger partial charge in [0.15, 0.2) is 5.03 Å². The zero-order valence-electron chi connectivity index (χ0n) is 16.2. The molecule has 0 spiro atoms. The fourth-order valence-corrected chi connectivity index (χ4v) is 5.87. The molecule has 1 aliphatic rings. The van der Waals surface area contributed by atoms with Crippen molar-refractivity contribution in [2.24, 2.45) is 0 Å². The summed E-state index contributed by atoms with van der Waals surface area (Å²) in [5.41, 5.74) is 4.17. The van der Waals surface area contributed by atoms with Crippen LogP contribution < -0.4 is 0 Å². The van der Waals surface area contributed by atoms with Crippen LogP contribution in [0.4, 0.5) is 0 Å². The van der Waals surface area contributed by atoms with Gasteiger partial charge in [0.05, 0.1) is 11.7 Å². The van der Waals surface area contributed by atoms with Crippen molar-refractivity contribution < 1.29 is 8.42 Å². The van der Waals surface area contributed by atoms with Gasteiger partial charge in [-0.25, -0.2) is 13.4 Å². The molecule has 4 aromatic rings. The van der Waals surface area contributed by atoms with Gasteiger partial charge in [0.25, 0.3) is 10.0 Å². The molecule has 3 aromatic heterocycles. The number of piperidine rings is 1. The maximum atomic E-state index is 13.2. The van der Waals surface area contributed by atoms with Gasteiger partial charge in [-0.05, 0) is 67.1 Å². The first kappa shape index (κ1) is 18.3. The van der Waals surface area contributed by atoms with Crippen molar-refractivity contribution in [3.05, 3.63) is 72.2 Å². The van der Waals surface area contributed by atoms with E-state index in [0.29, 0.717) is 24.7 Å². The van der Waals surface area contributed by atoms with E-state index in [2.05, 4.69) is 35.1 Å². The zero-order chi connectivity index (χ0) is 20.0. The van der Waals surface area contributed by atoms with Gasteiger partial charge in [-0.1, -0.05) is 12.1 Å². The third-order valence-electron chi connectivity index (χ3n) is 5.87. The van der Waals surface area contributed by atoms with E-state index in [4.69, 9.17) is 0 Å². The topological polar surface area (TPSA) is 67.6 Å². The number of aryl methyl sites for hydroxylation is 1. The minimum atomic E-state index is -3.57. The third kappa shape index (κ3) is 3.10. The molecule has 1 aromatic carbocycles. The summed E-state index contributed by atoms with van der Waals surface area (Å²) >= 11 is 0. The number of hydrogen-bond acceptors (Lipinski definition) is 4. The molecule has 0 radical (unpaired) electrons. The summed E-state index contributed by atoms with van der Waals surface area (Å²) in [7, 11) is -3.57. The zero-order valence-corrected chi connectivity index (χ0v) is 17.0. The Hall–Kier alpha value is -2.77. The van der Waals surface area contributed by atoms with E-state index in [1.54, 1.807) is 14.9 Å². The summed E-state index contributed by atoms with van der Waals surface area (Å²) in [6.45, 7) is 3.14. The Balaban J connectivity index is 1.40. The first-order chi connectivity index (χ1) is 14.0. The molecule has 5 rings (SSSR count). The van der Waals surface area contributed by atoms with Crippen LogP contribution in [0, 0.1) is 6.92 Å². The number of rotatable bonds is 3. The molecule has 7 heteroatoms. The lowest BCUT2D eigenvalue weighted by atomic mass is 9.86. The van der Waals surface area contributed by atoms with Crippen molar-refractivity contribution in [2.75, 3.05) is 13.1 Å². The smallest absolute Gasteiger partial charge is 0.260 e. The second-order valence-corrected chi connectivity index (χ2v) is 9.49. The summed E-state index contributed by atoms with van der Waals surface area (Å²) in [4.78, 5) is 8.66. The molecule has 1 saturated heterocycles. The first-order valence-electron chi connectivity index (χ1n) is 9.81. The van der Waals surface area contributed by atoms with Crippen molar-refractivity contribution in [1.29, 1.82) is 0 Å². The van der Waals surface area contributed by atoms with Gasteiger partial charge in [-0.2, -0.15) is 4.31 Å². The van der Waals surface area contributed by atoms with E-state index < -0.39 is 10.0 Å². The molecule has 0 unspecified atom stereocenters. The summed E-state index contributed by atoms with van der Waals surface area (Å²) in [5.74, 6) is 0.355. The van der Waals surface area contributed by atoms with Gasteiger partial charge in [0, 0.05) is 30.9 Å². The second-order valence-electron chi connectivity index (χ2n) is 7.61. The molecular formula is C22H22N4O2S. The average molecular weight is 407 g/mol. The quantitative estimate of drug-likeness (QED) is 0.520. The molecule has 1 fully saturated rings. The monoisotopic (exact) mass is 406 g/mol. The highest BCUT2D eigenvalue weighted by Crippen LogP contribution is 2.34. The number of imidazole rings is 1. The highest BCUT2D eigenvalue weighted by Gasteiger charge is 2.32. The van der Waals surface area contributed by atoms with Crippen LogP contribution in [0.3, 0.4) is 0 Å². The Morgan fingerprint density at radius 1 is 1.03 bits per heavy atom. The summed E-state index contributed by atoms with van der Waals surface area (Å²) in [6.07, 6.45) is 6.63. The van der Waals surface area contributed by atoms with Crippen LogP contribution in [0.15, 0.2) is 66.1 Å². The average Bonchev–Trinajstić information content (AvgIpc) is 3.18. The Bertz CT molecular complexity index is 1300. The molecule has 0 amide bonds. The standard InChI is InChI=1S/C22H22N4O2S/c1-16-13-20-18(5-4-9-23-20)14-19(16)17-7-11-25(12-8-17)29(27,28)22-15-24-21-6-2-3-10-26(21)22/h2-6,9-10,13-15,17H,7-8,11-12H2,1H3. The van der Waals surface area contributed by atoms with Gasteiger partial charge in [0.1, 0.15) is 5.65 Å².